The largest absolute Gasteiger partial charge is 0.392 e. The fraction of sp³-hybridized carbons (Fsp3) is 0.769. The standard InChI is InChI=1S/C13H19N3O2/c14-8-7-11(17)9-12-15-13(16-18-12)10-5-3-1-2-4-6-10/h10-11,17H,1-7,9H2. The maximum absolute atomic E-state index is 9.52. The Morgan fingerprint density at radius 1 is 1.33 bits per heavy atom. The Balaban J connectivity index is 1.94. The van der Waals surface area contributed by atoms with E-state index in [4.69, 9.17) is 9.78 Å². The molecule has 0 saturated heterocycles. The average Bonchev–Trinajstić information content (AvgIpc) is 2.64. The van der Waals surface area contributed by atoms with Crippen LogP contribution in [-0.4, -0.2) is 21.4 Å². The first kappa shape index (κ1) is 13.0. The highest BCUT2D eigenvalue weighted by Crippen LogP contribution is 2.29. The van der Waals surface area contributed by atoms with Gasteiger partial charge in [-0.25, -0.2) is 0 Å². The highest BCUT2D eigenvalue weighted by atomic mass is 16.5. The predicted molar refractivity (Wildman–Crippen MR) is 64.7 cm³/mol. The lowest BCUT2D eigenvalue weighted by Gasteiger charge is -2.07. The zero-order valence-corrected chi connectivity index (χ0v) is 10.5. The molecule has 5 nitrogen and oxygen atoms in total. The normalized spacial score (nSPS) is 19.1. The Morgan fingerprint density at radius 2 is 2.06 bits per heavy atom. The minimum absolute atomic E-state index is 0.0984. The van der Waals surface area contributed by atoms with Gasteiger partial charge in [-0.15, -0.1) is 0 Å². The molecule has 1 fully saturated rings. The summed E-state index contributed by atoms with van der Waals surface area (Å²) in [6, 6.07) is 1.93. The van der Waals surface area contributed by atoms with Gasteiger partial charge in [0, 0.05) is 5.92 Å². The van der Waals surface area contributed by atoms with Crippen molar-refractivity contribution in [3.63, 3.8) is 0 Å². The summed E-state index contributed by atoms with van der Waals surface area (Å²) in [5.74, 6) is 1.62. The molecular formula is C13H19N3O2. The third-order valence-corrected chi connectivity index (χ3v) is 3.44. The number of nitrogens with zero attached hydrogens (tertiary/aromatic N) is 3. The van der Waals surface area contributed by atoms with Crippen molar-refractivity contribution in [1.29, 1.82) is 5.26 Å². The average molecular weight is 249 g/mol. The van der Waals surface area contributed by atoms with Gasteiger partial charge in [0.2, 0.25) is 5.89 Å². The van der Waals surface area contributed by atoms with Crippen molar-refractivity contribution >= 4 is 0 Å². The van der Waals surface area contributed by atoms with Crippen LogP contribution < -0.4 is 0 Å². The number of rotatable bonds is 4. The lowest BCUT2D eigenvalue weighted by Crippen LogP contribution is -2.09. The van der Waals surface area contributed by atoms with Crippen molar-refractivity contribution in [2.75, 3.05) is 0 Å². The van der Waals surface area contributed by atoms with Crippen molar-refractivity contribution in [2.24, 2.45) is 0 Å². The van der Waals surface area contributed by atoms with Gasteiger partial charge in [-0.2, -0.15) is 10.2 Å². The second-order valence-corrected chi connectivity index (χ2v) is 4.95. The van der Waals surface area contributed by atoms with E-state index >= 15 is 0 Å². The van der Waals surface area contributed by atoms with Gasteiger partial charge < -0.3 is 9.63 Å². The van der Waals surface area contributed by atoms with Crippen LogP contribution in [-0.2, 0) is 6.42 Å². The predicted octanol–water partition coefficient (Wildman–Crippen LogP) is 2.32. The van der Waals surface area contributed by atoms with Crippen molar-refractivity contribution in [1.82, 2.24) is 10.1 Å². The van der Waals surface area contributed by atoms with E-state index in [9.17, 15) is 5.11 Å². The smallest absolute Gasteiger partial charge is 0.229 e. The zero-order valence-electron chi connectivity index (χ0n) is 10.5. The second-order valence-electron chi connectivity index (χ2n) is 4.95. The van der Waals surface area contributed by atoms with Crippen LogP contribution in [0.4, 0.5) is 0 Å². The maximum Gasteiger partial charge on any atom is 0.229 e. The molecule has 5 heteroatoms. The summed E-state index contributed by atoms with van der Waals surface area (Å²) in [7, 11) is 0. The molecule has 0 aromatic carbocycles. The molecule has 0 amide bonds. The Hall–Kier alpha value is -1.41. The molecule has 1 aliphatic rings. The van der Waals surface area contributed by atoms with Crippen LogP contribution in [0.15, 0.2) is 4.52 Å². The van der Waals surface area contributed by atoms with Crippen molar-refractivity contribution in [3.8, 4) is 6.07 Å². The second kappa shape index (κ2) is 6.50. The summed E-state index contributed by atoms with van der Waals surface area (Å²) < 4.78 is 5.15. The lowest BCUT2D eigenvalue weighted by molar-refractivity contribution is 0.167. The van der Waals surface area contributed by atoms with Crippen LogP contribution in [0.25, 0.3) is 0 Å². The molecule has 1 aromatic rings. The van der Waals surface area contributed by atoms with Gasteiger partial charge in [-0.1, -0.05) is 30.8 Å². The SMILES string of the molecule is N#CCC(O)Cc1nc(C2CCCCCC2)no1. The van der Waals surface area contributed by atoms with Gasteiger partial charge in [-0.05, 0) is 12.8 Å². The van der Waals surface area contributed by atoms with E-state index in [1.807, 2.05) is 6.07 Å². The van der Waals surface area contributed by atoms with Gasteiger partial charge in [0.05, 0.1) is 25.0 Å². The van der Waals surface area contributed by atoms with Gasteiger partial charge in [0.1, 0.15) is 0 Å². The first-order valence-electron chi connectivity index (χ1n) is 6.67. The van der Waals surface area contributed by atoms with E-state index in [1.54, 1.807) is 0 Å². The summed E-state index contributed by atoms with van der Waals surface area (Å²) in [6.45, 7) is 0. The topological polar surface area (TPSA) is 82.9 Å². The lowest BCUT2D eigenvalue weighted by atomic mass is 10.00. The molecule has 2 rings (SSSR count). The summed E-state index contributed by atoms with van der Waals surface area (Å²) in [5, 5.41) is 22.0. The summed E-state index contributed by atoms with van der Waals surface area (Å²) in [4.78, 5) is 4.35. The summed E-state index contributed by atoms with van der Waals surface area (Å²) in [5.41, 5.74) is 0. The fourth-order valence-electron chi connectivity index (χ4n) is 2.43. The van der Waals surface area contributed by atoms with Crippen molar-refractivity contribution in [2.45, 2.75) is 63.4 Å². The first-order valence-corrected chi connectivity index (χ1v) is 6.67. The van der Waals surface area contributed by atoms with E-state index in [0.717, 1.165) is 18.7 Å². The summed E-state index contributed by atoms with van der Waals surface area (Å²) in [6.07, 6.45) is 6.95. The molecule has 1 heterocycles. The van der Waals surface area contributed by atoms with E-state index < -0.39 is 6.10 Å². The van der Waals surface area contributed by atoms with Gasteiger partial charge >= 0.3 is 0 Å². The third kappa shape index (κ3) is 3.54. The molecule has 1 atom stereocenters. The first-order chi connectivity index (χ1) is 8.79. The molecule has 1 saturated carbocycles. The van der Waals surface area contributed by atoms with E-state index in [1.165, 1.54) is 25.7 Å². The Kier molecular flexibility index (Phi) is 4.71. The molecule has 1 aliphatic carbocycles. The molecule has 18 heavy (non-hydrogen) atoms. The quantitative estimate of drug-likeness (QED) is 0.828. The van der Waals surface area contributed by atoms with Crippen LogP contribution in [0.1, 0.15) is 62.6 Å². The van der Waals surface area contributed by atoms with Crippen LogP contribution >= 0.6 is 0 Å². The van der Waals surface area contributed by atoms with E-state index in [0.29, 0.717) is 11.8 Å². The number of hydrogen-bond donors (Lipinski definition) is 1. The molecule has 0 aliphatic heterocycles. The maximum atomic E-state index is 9.52. The Bertz CT molecular complexity index is 403. The number of hydrogen-bond acceptors (Lipinski definition) is 5. The monoisotopic (exact) mass is 249 g/mol. The number of aromatic nitrogens is 2. The molecule has 1 unspecified atom stereocenters. The molecule has 1 N–H and O–H groups in total. The number of aliphatic hydroxyl groups excluding tert-OH is 1. The van der Waals surface area contributed by atoms with Crippen LogP contribution in [0.3, 0.4) is 0 Å². The Labute approximate surface area is 107 Å². The summed E-state index contributed by atoms with van der Waals surface area (Å²) >= 11 is 0. The fourth-order valence-corrected chi connectivity index (χ4v) is 2.43. The third-order valence-electron chi connectivity index (χ3n) is 3.44. The molecule has 98 valence electrons. The minimum Gasteiger partial charge on any atom is -0.392 e. The molecule has 1 aromatic heterocycles. The highest BCUT2D eigenvalue weighted by molar-refractivity contribution is 4.97. The van der Waals surface area contributed by atoms with Gasteiger partial charge in [-0.3, -0.25) is 0 Å². The highest BCUT2D eigenvalue weighted by Gasteiger charge is 2.20. The zero-order chi connectivity index (χ0) is 12.8. The van der Waals surface area contributed by atoms with Crippen molar-refractivity contribution in [3.05, 3.63) is 11.7 Å². The van der Waals surface area contributed by atoms with E-state index in [2.05, 4.69) is 10.1 Å². The van der Waals surface area contributed by atoms with Crippen LogP contribution in [0.2, 0.25) is 0 Å². The number of aliphatic hydroxyl groups is 1. The number of nitriles is 1. The molecule has 0 bridgehead atoms. The van der Waals surface area contributed by atoms with E-state index in [-0.39, 0.29) is 12.8 Å². The molecular weight excluding hydrogens is 230 g/mol. The van der Waals surface area contributed by atoms with Crippen LogP contribution in [0.5, 0.6) is 0 Å². The Morgan fingerprint density at radius 3 is 2.72 bits per heavy atom. The molecule has 0 radical (unpaired) electrons. The van der Waals surface area contributed by atoms with Gasteiger partial charge in [0.15, 0.2) is 5.82 Å². The van der Waals surface area contributed by atoms with Crippen LogP contribution in [0, 0.1) is 11.3 Å². The van der Waals surface area contributed by atoms with Gasteiger partial charge in [0.25, 0.3) is 0 Å². The minimum atomic E-state index is -0.711. The van der Waals surface area contributed by atoms with Crippen molar-refractivity contribution < 1.29 is 9.63 Å². The molecule has 0 spiro atoms.